The molecule has 0 aromatic heterocycles. The van der Waals surface area contributed by atoms with Gasteiger partial charge < -0.3 is 10.2 Å². The van der Waals surface area contributed by atoms with E-state index in [1.165, 1.54) is 0 Å². The number of carboxylic acid groups (broad SMARTS) is 2. The van der Waals surface area contributed by atoms with Gasteiger partial charge in [-0.05, 0) is 60.4 Å². The van der Waals surface area contributed by atoms with Crippen molar-refractivity contribution in [1.29, 1.82) is 0 Å². The summed E-state index contributed by atoms with van der Waals surface area (Å²) in [6.07, 6.45) is 0. The summed E-state index contributed by atoms with van der Waals surface area (Å²) in [5.74, 6) is 8.60. The molecule has 0 saturated heterocycles. The minimum Gasteiger partial charge on any atom is -0.480 e. The molecule has 0 atom stereocenters. The molecule has 1 aliphatic rings. The number of rotatable bonds is 2. The first-order chi connectivity index (χ1) is 12.0. The summed E-state index contributed by atoms with van der Waals surface area (Å²) in [4.78, 5) is 24.1. The van der Waals surface area contributed by atoms with E-state index >= 15 is 0 Å². The molecule has 0 saturated carbocycles. The molecule has 0 amide bonds. The van der Waals surface area contributed by atoms with Crippen LogP contribution in [0.4, 0.5) is 0 Å². The third-order valence-electron chi connectivity index (χ3n) is 4.32. The van der Waals surface area contributed by atoms with Crippen LogP contribution in [0.5, 0.6) is 0 Å². The Bertz CT molecular complexity index is 954. The van der Waals surface area contributed by atoms with Crippen LogP contribution in [0.3, 0.4) is 0 Å². The van der Waals surface area contributed by atoms with Crippen LogP contribution in [0.15, 0.2) is 36.4 Å². The van der Waals surface area contributed by atoms with Crippen molar-refractivity contribution in [1.82, 2.24) is 0 Å². The molecular formula is C21H14O4. The summed E-state index contributed by atoms with van der Waals surface area (Å²) in [5.41, 5.74) is 0.897. The van der Waals surface area contributed by atoms with Crippen LogP contribution in [0.2, 0.25) is 0 Å². The molecule has 2 aromatic carbocycles. The van der Waals surface area contributed by atoms with Gasteiger partial charge in [-0.2, -0.15) is 0 Å². The topological polar surface area (TPSA) is 74.6 Å². The lowest BCUT2D eigenvalue weighted by molar-refractivity contribution is -0.154. The Morgan fingerprint density at radius 3 is 1.52 bits per heavy atom. The van der Waals surface area contributed by atoms with E-state index < -0.39 is 17.4 Å². The maximum absolute atomic E-state index is 12.1. The molecule has 4 heteroatoms. The molecular weight excluding hydrogens is 316 g/mol. The normalized spacial score (nSPS) is 12.7. The van der Waals surface area contributed by atoms with Crippen molar-refractivity contribution in [2.24, 2.45) is 0 Å². The standard InChI is InChI=1S/C21H14O4/c1-3-5-13-7-9-17-15(11-13)16-12-14(6-4-2)8-10-18(16)21(17,19(22)23)20(24)25/h7-12H,1-2H3,(H,22,23)(H,24,25). The Balaban J connectivity index is 2.44. The van der Waals surface area contributed by atoms with Gasteiger partial charge in [0.15, 0.2) is 0 Å². The van der Waals surface area contributed by atoms with E-state index in [9.17, 15) is 19.8 Å². The van der Waals surface area contributed by atoms with Gasteiger partial charge in [0.05, 0.1) is 0 Å². The number of aliphatic carboxylic acids is 2. The zero-order valence-corrected chi connectivity index (χ0v) is 13.7. The van der Waals surface area contributed by atoms with Crippen LogP contribution in [0.1, 0.15) is 36.1 Å². The quantitative estimate of drug-likeness (QED) is 0.656. The number of carboxylic acids is 2. The molecule has 0 radical (unpaired) electrons. The molecule has 122 valence electrons. The van der Waals surface area contributed by atoms with Gasteiger partial charge in [0.25, 0.3) is 0 Å². The van der Waals surface area contributed by atoms with Crippen molar-refractivity contribution in [2.45, 2.75) is 19.3 Å². The Morgan fingerprint density at radius 1 is 0.800 bits per heavy atom. The second-order valence-electron chi connectivity index (χ2n) is 5.63. The molecule has 0 heterocycles. The minimum absolute atomic E-state index is 0.241. The SMILES string of the molecule is CC#Cc1ccc2c(c1)-c1cc(C#CC)ccc1C2(C(=O)O)C(=O)O. The Kier molecular flexibility index (Phi) is 3.83. The molecule has 4 nitrogen and oxygen atoms in total. The van der Waals surface area contributed by atoms with Crippen LogP contribution < -0.4 is 0 Å². The van der Waals surface area contributed by atoms with Gasteiger partial charge in [-0.25, -0.2) is 0 Å². The molecule has 0 unspecified atom stereocenters. The molecule has 2 aromatic rings. The fourth-order valence-electron chi connectivity index (χ4n) is 3.33. The Hall–Kier alpha value is -3.50. The number of hydrogen-bond acceptors (Lipinski definition) is 2. The van der Waals surface area contributed by atoms with Crippen LogP contribution in [-0.2, 0) is 15.0 Å². The fourth-order valence-corrected chi connectivity index (χ4v) is 3.33. The largest absolute Gasteiger partial charge is 0.480 e. The summed E-state index contributed by atoms with van der Waals surface area (Å²) >= 11 is 0. The van der Waals surface area contributed by atoms with Gasteiger partial charge in [0.1, 0.15) is 0 Å². The number of benzene rings is 2. The zero-order valence-electron chi connectivity index (χ0n) is 13.7. The van der Waals surface area contributed by atoms with E-state index in [1.54, 1.807) is 50.2 Å². The zero-order chi connectivity index (χ0) is 18.2. The third kappa shape index (κ3) is 2.20. The fraction of sp³-hybridized carbons (Fsp3) is 0.143. The van der Waals surface area contributed by atoms with E-state index in [0.717, 1.165) is 0 Å². The molecule has 0 bridgehead atoms. The molecule has 3 rings (SSSR count). The van der Waals surface area contributed by atoms with Gasteiger partial charge in [0, 0.05) is 11.1 Å². The van der Waals surface area contributed by atoms with Gasteiger partial charge in [-0.15, -0.1) is 11.8 Å². The number of fused-ring (bicyclic) bond motifs is 3. The number of hydrogen-bond donors (Lipinski definition) is 2. The summed E-state index contributed by atoms with van der Waals surface area (Å²) in [6, 6.07) is 9.86. The first-order valence-corrected chi connectivity index (χ1v) is 7.58. The highest BCUT2D eigenvalue weighted by atomic mass is 16.4. The van der Waals surface area contributed by atoms with Crippen LogP contribution in [0.25, 0.3) is 11.1 Å². The maximum atomic E-state index is 12.1. The van der Waals surface area contributed by atoms with Crippen molar-refractivity contribution in [2.75, 3.05) is 0 Å². The van der Waals surface area contributed by atoms with Gasteiger partial charge in [-0.1, -0.05) is 24.0 Å². The Labute approximate surface area is 145 Å². The highest BCUT2D eigenvalue weighted by Crippen LogP contribution is 2.50. The first kappa shape index (κ1) is 16.4. The second-order valence-corrected chi connectivity index (χ2v) is 5.63. The molecule has 0 fully saturated rings. The summed E-state index contributed by atoms with van der Waals surface area (Å²) in [5, 5.41) is 19.7. The van der Waals surface area contributed by atoms with Crippen LogP contribution >= 0.6 is 0 Å². The Morgan fingerprint density at radius 2 is 1.20 bits per heavy atom. The first-order valence-electron chi connectivity index (χ1n) is 7.58. The smallest absolute Gasteiger partial charge is 0.330 e. The maximum Gasteiger partial charge on any atom is 0.330 e. The van der Waals surface area contributed by atoms with Crippen LogP contribution in [0, 0.1) is 23.7 Å². The summed E-state index contributed by atoms with van der Waals surface area (Å²) in [6.45, 7) is 3.41. The molecule has 0 spiro atoms. The van der Waals surface area contributed by atoms with Crippen molar-refractivity contribution >= 4 is 11.9 Å². The van der Waals surface area contributed by atoms with Crippen molar-refractivity contribution in [3.63, 3.8) is 0 Å². The lowest BCUT2D eigenvalue weighted by Gasteiger charge is -2.22. The second kappa shape index (κ2) is 5.85. The molecule has 0 aliphatic heterocycles. The molecule has 2 N–H and O–H groups in total. The molecule has 25 heavy (non-hydrogen) atoms. The van der Waals surface area contributed by atoms with Gasteiger partial charge >= 0.3 is 11.9 Å². The van der Waals surface area contributed by atoms with Crippen LogP contribution in [-0.4, -0.2) is 22.2 Å². The highest BCUT2D eigenvalue weighted by Gasteiger charge is 2.56. The predicted molar refractivity (Wildman–Crippen MR) is 93.0 cm³/mol. The van der Waals surface area contributed by atoms with E-state index in [-0.39, 0.29) is 11.1 Å². The number of carbonyl (C=O) groups is 2. The van der Waals surface area contributed by atoms with E-state index in [4.69, 9.17) is 0 Å². The summed E-state index contributed by atoms with van der Waals surface area (Å²) in [7, 11) is 0. The third-order valence-corrected chi connectivity index (χ3v) is 4.32. The van der Waals surface area contributed by atoms with Crippen molar-refractivity contribution < 1.29 is 19.8 Å². The average Bonchev–Trinajstić information content (AvgIpc) is 2.86. The van der Waals surface area contributed by atoms with E-state index in [1.807, 2.05) is 0 Å². The van der Waals surface area contributed by atoms with Gasteiger partial charge in [0.2, 0.25) is 5.41 Å². The minimum atomic E-state index is -2.12. The van der Waals surface area contributed by atoms with Gasteiger partial charge in [-0.3, -0.25) is 9.59 Å². The predicted octanol–water partition coefficient (Wildman–Crippen LogP) is 2.87. The van der Waals surface area contributed by atoms with E-state index in [0.29, 0.717) is 22.3 Å². The average molecular weight is 330 g/mol. The summed E-state index contributed by atoms with van der Waals surface area (Å²) < 4.78 is 0. The molecule has 1 aliphatic carbocycles. The lowest BCUT2D eigenvalue weighted by atomic mass is 9.78. The van der Waals surface area contributed by atoms with Crippen molar-refractivity contribution in [3.05, 3.63) is 58.7 Å². The van der Waals surface area contributed by atoms with Crippen molar-refractivity contribution in [3.8, 4) is 34.8 Å². The monoisotopic (exact) mass is 330 g/mol. The lowest BCUT2D eigenvalue weighted by Crippen LogP contribution is -2.43. The van der Waals surface area contributed by atoms with E-state index in [2.05, 4.69) is 23.7 Å². The highest BCUT2D eigenvalue weighted by molar-refractivity contribution is 6.14.